The number of nitrogens with one attached hydrogen (secondary N) is 1. The van der Waals surface area contributed by atoms with Gasteiger partial charge in [-0.1, -0.05) is 18.2 Å². The molecular weight excluding hydrogens is 240 g/mol. The molecule has 5 heteroatoms. The summed E-state index contributed by atoms with van der Waals surface area (Å²) in [5, 5.41) is 15.8. The fourth-order valence-corrected chi connectivity index (χ4v) is 2.33. The average Bonchev–Trinajstić information content (AvgIpc) is 3.07. The largest absolute Gasteiger partial charge is 0.385 e. The minimum absolute atomic E-state index is 0.459. The second-order valence-corrected chi connectivity index (χ2v) is 4.47. The van der Waals surface area contributed by atoms with Gasteiger partial charge >= 0.3 is 0 Å². The van der Waals surface area contributed by atoms with Crippen LogP contribution in [0.25, 0.3) is 10.9 Å². The summed E-state index contributed by atoms with van der Waals surface area (Å²) < 4.78 is 1.96. The maximum Gasteiger partial charge on any atom is 0.135 e. The lowest BCUT2D eigenvalue weighted by atomic mass is 10.1. The number of aliphatic hydroxyl groups excluding tert-OH is 1. The first-order chi connectivity index (χ1) is 9.29. The van der Waals surface area contributed by atoms with E-state index in [1.165, 1.54) is 0 Å². The minimum atomic E-state index is -0.654. The van der Waals surface area contributed by atoms with E-state index in [0.717, 1.165) is 23.1 Å². The highest BCUT2D eigenvalue weighted by Crippen LogP contribution is 2.22. The molecule has 0 aliphatic carbocycles. The van der Waals surface area contributed by atoms with Gasteiger partial charge in [0.25, 0.3) is 0 Å². The third kappa shape index (κ3) is 2.13. The molecule has 0 fully saturated rings. The molecule has 0 radical (unpaired) electrons. The van der Waals surface area contributed by atoms with E-state index in [1.54, 1.807) is 12.4 Å². The van der Waals surface area contributed by atoms with E-state index in [-0.39, 0.29) is 0 Å². The molecule has 0 spiro atoms. The number of hydrogen-bond donors (Lipinski definition) is 2. The number of para-hydroxylation sites is 1. The molecule has 1 atom stereocenters. The Morgan fingerprint density at radius 2 is 2.21 bits per heavy atom. The average molecular weight is 256 g/mol. The number of aromatic nitrogens is 4. The zero-order chi connectivity index (χ0) is 13.2. The van der Waals surface area contributed by atoms with Crippen LogP contribution in [0.1, 0.15) is 24.5 Å². The lowest BCUT2D eigenvalue weighted by Gasteiger charge is -2.05. The number of H-pyrrole nitrogens is 1. The van der Waals surface area contributed by atoms with Crippen LogP contribution in [0.15, 0.2) is 36.7 Å². The number of nitrogens with zero attached hydrogens (tertiary/aromatic N) is 3. The lowest BCUT2D eigenvalue weighted by molar-refractivity contribution is 0.168. The molecule has 5 nitrogen and oxygen atoms in total. The summed E-state index contributed by atoms with van der Waals surface area (Å²) in [7, 11) is 0. The Hall–Kier alpha value is -2.14. The van der Waals surface area contributed by atoms with Crippen molar-refractivity contribution in [3.05, 3.63) is 48.2 Å². The number of rotatable bonds is 4. The molecule has 3 rings (SSSR count). The van der Waals surface area contributed by atoms with Crippen molar-refractivity contribution in [2.45, 2.75) is 26.0 Å². The van der Waals surface area contributed by atoms with E-state index in [4.69, 9.17) is 0 Å². The molecule has 0 aliphatic heterocycles. The number of imidazole rings is 1. The third-order valence-corrected chi connectivity index (χ3v) is 3.26. The Kier molecular flexibility index (Phi) is 3.05. The van der Waals surface area contributed by atoms with Gasteiger partial charge in [-0.15, -0.1) is 0 Å². The Morgan fingerprint density at radius 1 is 1.37 bits per heavy atom. The predicted molar refractivity (Wildman–Crippen MR) is 72.7 cm³/mol. The van der Waals surface area contributed by atoms with Crippen molar-refractivity contribution in [1.82, 2.24) is 19.7 Å². The summed E-state index contributed by atoms with van der Waals surface area (Å²) in [4.78, 5) is 7.01. The smallest absolute Gasteiger partial charge is 0.135 e. The summed E-state index contributed by atoms with van der Waals surface area (Å²) in [6.45, 7) is 2.88. The number of aliphatic hydroxyl groups is 1. The van der Waals surface area contributed by atoms with E-state index in [0.29, 0.717) is 12.2 Å². The molecule has 2 N–H and O–H groups in total. The van der Waals surface area contributed by atoms with Crippen LogP contribution in [0, 0.1) is 0 Å². The molecule has 3 aromatic rings. The van der Waals surface area contributed by atoms with Crippen molar-refractivity contribution < 1.29 is 5.11 Å². The molecule has 0 amide bonds. The highest BCUT2D eigenvalue weighted by Gasteiger charge is 2.16. The Balaban J connectivity index is 1.97. The van der Waals surface area contributed by atoms with Crippen molar-refractivity contribution in [3.63, 3.8) is 0 Å². The summed E-state index contributed by atoms with van der Waals surface area (Å²) in [5.41, 5.74) is 2.01. The number of hydrogen-bond acceptors (Lipinski definition) is 3. The van der Waals surface area contributed by atoms with Crippen LogP contribution in [-0.4, -0.2) is 24.9 Å². The second-order valence-electron chi connectivity index (χ2n) is 4.47. The fraction of sp³-hybridized carbons (Fsp3) is 0.286. The molecule has 1 aromatic carbocycles. The molecule has 2 heterocycles. The van der Waals surface area contributed by atoms with Gasteiger partial charge in [-0.3, -0.25) is 4.68 Å². The molecule has 0 saturated heterocycles. The Morgan fingerprint density at radius 3 is 2.95 bits per heavy atom. The minimum Gasteiger partial charge on any atom is -0.385 e. The highest BCUT2D eigenvalue weighted by molar-refractivity contribution is 5.82. The van der Waals surface area contributed by atoms with Crippen LogP contribution in [0.3, 0.4) is 0 Å². The van der Waals surface area contributed by atoms with Crippen LogP contribution in [-0.2, 0) is 13.0 Å². The van der Waals surface area contributed by atoms with Crippen LogP contribution < -0.4 is 0 Å². The highest BCUT2D eigenvalue weighted by atomic mass is 16.3. The third-order valence-electron chi connectivity index (χ3n) is 3.26. The first kappa shape index (κ1) is 11.9. The van der Waals surface area contributed by atoms with Crippen LogP contribution in [0.4, 0.5) is 0 Å². The van der Waals surface area contributed by atoms with Gasteiger partial charge in [0.15, 0.2) is 0 Å². The summed E-state index contributed by atoms with van der Waals surface area (Å²) in [6, 6.07) is 8.09. The monoisotopic (exact) mass is 256 g/mol. The Bertz CT molecular complexity index is 672. The zero-order valence-electron chi connectivity index (χ0n) is 10.7. The van der Waals surface area contributed by atoms with Crippen LogP contribution in [0.5, 0.6) is 0 Å². The van der Waals surface area contributed by atoms with Gasteiger partial charge < -0.3 is 10.1 Å². The molecule has 19 heavy (non-hydrogen) atoms. The van der Waals surface area contributed by atoms with E-state index < -0.39 is 6.10 Å². The van der Waals surface area contributed by atoms with E-state index in [2.05, 4.69) is 28.1 Å². The number of fused-ring (bicyclic) bond motifs is 1. The van der Waals surface area contributed by atoms with Gasteiger partial charge in [-0.25, -0.2) is 4.98 Å². The summed E-state index contributed by atoms with van der Waals surface area (Å²) in [6.07, 6.45) is 3.16. The van der Waals surface area contributed by atoms with Crippen molar-refractivity contribution in [2.75, 3.05) is 0 Å². The van der Waals surface area contributed by atoms with Gasteiger partial charge in [0.2, 0.25) is 0 Å². The summed E-state index contributed by atoms with van der Waals surface area (Å²) >= 11 is 0. The zero-order valence-corrected chi connectivity index (χ0v) is 10.7. The van der Waals surface area contributed by atoms with Crippen molar-refractivity contribution in [2.24, 2.45) is 0 Å². The molecule has 1 unspecified atom stereocenters. The Labute approximate surface area is 110 Å². The van der Waals surface area contributed by atoms with Crippen molar-refractivity contribution in [3.8, 4) is 0 Å². The van der Waals surface area contributed by atoms with Gasteiger partial charge in [0, 0.05) is 30.7 Å². The van der Waals surface area contributed by atoms with E-state index in [9.17, 15) is 5.11 Å². The molecule has 0 saturated carbocycles. The normalized spacial score (nSPS) is 12.9. The first-order valence-electron chi connectivity index (χ1n) is 6.41. The molecule has 0 aliphatic rings. The fourth-order valence-electron chi connectivity index (χ4n) is 2.33. The topological polar surface area (TPSA) is 66.7 Å². The van der Waals surface area contributed by atoms with Crippen molar-refractivity contribution in [1.29, 1.82) is 0 Å². The van der Waals surface area contributed by atoms with Gasteiger partial charge in [-0.05, 0) is 13.0 Å². The van der Waals surface area contributed by atoms with Gasteiger partial charge in [0.05, 0.1) is 11.2 Å². The molecular formula is C14H16N4O. The quantitative estimate of drug-likeness (QED) is 0.750. The first-order valence-corrected chi connectivity index (χ1v) is 6.41. The predicted octanol–water partition coefficient (Wildman–Crippen LogP) is 2.06. The van der Waals surface area contributed by atoms with Gasteiger partial charge in [0.1, 0.15) is 11.9 Å². The maximum atomic E-state index is 10.2. The van der Waals surface area contributed by atoms with E-state index >= 15 is 0 Å². The van der Waals surface area contributed by atoms with Gasteiger partial charge in [-0.2, -0.15) is 5.10 Å². The molecule has 2 aromatic heterocycles. The van der Waals surface area contributed by atoms with Crippen LogP contribution in [0.2, 0.25) is 0 Å². The summed E-state index contributed by atoms with van der Waals surface area (Å²) in [5.74, 6) is 0.579. The number of aromatic amines is 1. The molecule has 98 valence electrons. The molecule has 0 bridgehead atoms. The lowest BCUT2D eigenvalue weighted by Crippen LogP contribution is -2.05. The van der Waals surface area contributed by atoms with E-state index in [1.807, 2.05) is 22.9 Å². The second kappa shape index (κ2) is 4.85. The standard InChI is InChI=1S/C14H16N4O/c1-2-18-12-6-4-3-5-10(12)11(17-18)9-13(19)14-15-7-8-16-14/h3-8,13,19H,2,9H2,1H3,(H,15,16). The SMILES string of the molecule is CCn1nc(CC(O)c2ncc[nH]2)c2ccccc21. The maximum absolute atomic E-state index is 10.2. The number of aryl methyl sites for hydroxylation is 1. The number of benzene rings is 1. The van der Waals surface area contributed by atoms with Crippen molar-refractivity contribution >= 4 is 10.9 Å². The van der Waals surface area contributed by atoms with Crippen LogP contribution >= 0.6 is 0 Å².